The maximum Gasteiger partial charge on any atom is 0.307 e. The van der Waals surface area contributed by atoms with E-state index in [0.29, 0.717) is 13.0 Å². The molecule has 1 aliphatic carbocycles. The van der Waals surface area contributed by atoms with Gasteiger partial charge < -0.3 is 14.5 Å². The summed E-state index contributed by atoms with van der Waals surface area (Å²) in [5.74, 6) is 0.753. The highest BCUT2D eigenvalue weighted by Crippen LogP contribution is 2.35. The maximum absolute atomic E-state index is 11.3. The number of methoxy groups -OCH3 is 1. The molecule has 0 radical (unpaired) electrons. The van der Waals surface area contributed by atoms with Crippen molar-refractivity contribution in [2.45, 2.75) is 37.8 Å². The van der Waals surface area contributed by atoms with Crippen LogP contribution >= 0.6 is 0 Å². The molecule has 16 heavy (non-hydrogen) atoms. The fourth-order valence-electron chi connectivity index (χ4n) is 2.06. The molecule has 0 bridgehead atoms. The molecule has 1 aromatic rings. The van der Waals surface area contributed by atoms with Crippen molar-refractivity contribution in [1.29, 1.82) is 0 Å². The van der Waals surface area contributed by atoms with Crippen LogP contribution in [0.1, 0.15) is 31.4 Å². The number of esters is 1. The molecule has 1 N–H and O–H groups in total. The second-order valence-electron chi connectivity index (χ2n) is 4.32. The van der Waals surface area contributed by atoms with Gasteiger partial charge in [-0.25, -0.2) is 0 Å². The number of carbonyl (C=O) groups excluding carboxylic acids is 1. The summed E-state index contributed by atoms with van der Waals surface area (Å²) in [6.45, 7) is 0.671. The zero-order valence-electron chi connectivity index (χ0n) is 9.49. The fourth-order valence-corrected chi connectivity index (χ4v) is 2.06. The van der Waals surface area contributed by atoms with Crippen LogP contribution in [0.4, 0.5) is 0 Å². The standard InChI is InChI=1S/C12H17NO3/c1-15-11(14)8-12(5-3-6-12)13-9-10-4-2-7-16-10/h2,4,7,13H,3,5-6,8-9H2,1H3. The van der Waals surface area contributed by atoms with Crippen LogP contribution in [-0.4, -0.2) is 18.6 Å². The maximum atomic E-state index is 11.3. The first kappa shape index (κ1) is 11.2. The summed E-state index contributed by atoms with van der Waals surface area (Å²) in [5.41, 5.74) is -0.0696. The van der Waals surface area contributed by atoms with Crippen molar-refractivity contribution < 1.29 is 13.9 Å². The van der Waals surface area contributed by atoms with Crippen molar-refractivity contribution in [3.8, 4) is 0 Å². The number of furan rings is 1. The summed E-state index contributed by atoms with van der Waals surface area (Å²) >= 11 is 0. The van der Waals surface area contributed by atoms with Gasteiger partial charge in [0.15, 0.2) is 0 Å². The van der Waals surface area contributed by atoms with Gasteiger partial charge in [0.05, 0.1) is 26.3 Å². The van der Waals surface area contributed by atoms with Crippen LogP contribution < -0.4 is 5.32 Å². The van der Waals surface area contributed by atoms with Gasteiger partial charge in [-0.3, -0.25) is 4.79 Å². The average Bonchev–Trinajstić information content (AvgIpc) is 2.74. The van der Waals surface area contributed by atoms with E-state index >= 15 is 0 Å². The second-order valence-corrected chi connectivity index (χ2v) is 4.32. The molecule has 88 valence electrons. The van der Waals surface area contributed by atoms with Crippen molar-refractivity contribution in [2.24, 2.45) is 0 Å². The summed E-state index contributed by atoms with van der Waals surface area (Å²) in [5, 5.41) is 3.41. The minimum absolute atomic E-state index is 0.0696. The molecule has 1 heterocycles. The summed E-state index contributed by atoms with van der Waals surface area (Å²) in [6.07, 6.45) is 5.34. The van der Waals surface area contributed by atoms with Crippen molar-refractivity contribution in [3.63, 3.8) is 0 Å². The van der Waals surface area contributed by atoms with Gasteiger partial charge in [0.25, 0.3) is 0 Å². The van der Waals surface area contributed by atoms with Gasteiger partial charge in [0, 0.05) is 5.54 Å². The van der Waals surface area contributed by atoms with Crippen LogP contribution in [0.5, 0.6) is 0 Å². The Balaban J connectivity index is 1.87. The Hall–Kier alpha value is -1.29. The molecule has 4 nitrogen and oxygen atoms in total. The number of rotatable bonds is 5. The lowest BCUT2D eigenvalue weighted by Gasteiger charge is -2.41. The van der Waals surface area contributed by atoms with Gasteiger partial charge in [-0.15, -0.1) is 0 Å². The van der Waals surface area contributed by atoms with Crippen molar-refractivity contribution in [1.82, 2.24) is 5.32 Å². The molecule has 0 amide bonds. The van der Waals surface area contributed by atoms with Crippen LogP contribution in [0.15, 0.2) is 22.8 Å². The van der Waals surface area contributed by atoms with Crippen LogP contribution in [-0.2, 0) is 16.1 Å². The lowest BCUT2D eigenvalue weighted by molar-refractivity contribution is -0.143. The number of ether oxygens (including phenoxy) is 1. The summed E-state index contributed by atoms with van der Waals surface area (Å²) in [7, 11) is 1.43. The third-order valence-electron chi connectivity index (χ3n) is 3.24. The largest absolute Gasteiger partial charge is 0.469 e. The Morgan fingerprint density at radius 1 is 1.62 bits per heavy atom. The zero-order chi connectivity index (χ0) is 11.4. The SMILES string of the molecule is COC(=O)CC1(NCc2ccco2)CCC1. The fraction of sp³-hybridized carbons (Fsp3) is 0.583. The van der Waals surface area contributed by atoms with E-state index < -0.39 is 0 Å². The molecular formula is C12H17NO3. The van der Waals surface area contributed by atoms with E-state index in [9.17, 15) is 4.79 Å². The third-order valence-corrected chi connectivity index (χ3v) is 3.24. The molecule has 1 aromatic heterocycles. The topological polar surface area (TPSA) is 51.5 Å². The molecule has 0 atom stereocenters. The van der Waals surface area contributed by atoms with E-state index in [1.165, 1.54) is 13.5 Å². The quantitative estimate of drug-likeness (QED) is 0.774. The molecule has 1 fully saturated rings. The second kappa shape index (κ2) is 4.70. The Kier molecular flexibility index (Phi) is 3.29. The predicted molar refractivity (Wildman–Crippen MR) is 58.8 cm³/mol. The highest BCUT2D eigenvalue weighted by atomic mass is 16.5. The van der Waals surface area contributed by atoms with E-state index in [1.807, 2.05) is 12.1 Å². The Labute approximate surface area is 95.0 Å². The van der Waals surface area contributed by atoms with E-state index in [-0.39, 0.29) is 11.5 Å². The smallest absolute Gasteiger partial charge is 0.307 e. The van der Waals surface area contributed by atoms with Crippen molar-refractivity contribution in [2.75, 3.05) is 7.11 Å². The highest BCUT2D eigenvalue weighted by Gasteiger charge is 2.38. The lowest BCUT2D eigenvalue weighted by atomic mass is 9.74. The van der Waals surface area contributed by atoms with Crippen molar-refractivity contribution in [3.05, 3.63) is 24.2 Å². The summed E-state index contributed by atoms with van der Waals surface area (Å²) in [4.78, 5) is 11.3. The van der Waals surface area contributed by atoms with E-state index in [1.54, 1.807) is 6.26 Å². The Morgan fingerprint density at radius 3 is 2.94 bits per heavy atom. The molecule has 1 aliphatic rings. The predicted octanol–water partition coefficient (Wildman–Crippen LogP) is 1.85. The first-order valence-corrected chi connectivity index (χ1v) is 5.58. The Bertz CT molecular complexity index is 341. The van der Waals surface area contributed by atoms with Gasteiger partial charge >= 0.3 is 5.97 Å². The van der Waals surface area contributed by atoms with Crippen LogP contribution in [0.2, 0.25) is 0 Å². The molecule has 0 spiro atoms. The summed E-state index contributed by atoms with van der Waals surface area (Å²) < 4.78 is 9.97. The minimum Gasteiger partial charge on any atom is -0.469 e. The van der Waals surface area contributed by atoms with Crippen LogP contribution in [0, 0.1) is 0 Å². The normalized spacial score (nSPS) is 17.8. The number of nitrogens with one attached hydrogen (secondary N) is 1. The molecule has 4 heteroatoms. The van der Waals surface area contributed by atoms with E-state index in [2.05, 4.69) is 5.32 Å². The summed E-state index contributed by atoms with van der Waals surface area (Å²) in [6, 6.07) is 3.79. The van der Waals surface area contributed by atoms with Crippen molar-refractivity contribution >= 4 is 5.97 Å². The molecule has 0 aliphatic heterocycles. The van der Waals surface area contributed by atoms with Crippen LogP contribution in [0.3, 0.4) is 0 Å². The number of hydrogen-bond donors (Lipinski definition) is 1. The third kappa shape index (κ3) is 2.44. The minimum atomic E-state index is -0.147. The highest BCUT2D eigenvalue weighted by molar-refractivity contribution is 5.71. The van der Waals surface area contributed by atoms with Gasteiger partial charge in [-0.2, -0.15) is 0 Å². The number of carbonyl (C=O) groups is 1. The molecular weight excluding hydrogens is 206 g/mol. The number of hydrogen-bond acceptors (Lipinski definition) is 4. The van der Waals surface area contributed by atoms with Crippen LogP contribution in [0.25, 0.3) is 0 Å². The molecule has 2 rings (SSSR count). The van der Waals surface area contributed by atoms with Gasteiger partial charge in [0.2, 0.25) is 0 Å². The van der Waals surface area contributed by atoms with E-state index in [4.69, 9.17) is 9.15 Å². The monoisotopic (exact) mass is 223 g/mol. The first-order valence-electron chi connectivity index (χ1n) is 5.58. The average molecular weight is 223 g/mol. The first-order chi connectivity index (χ1) is 7.74. The molecule has 1 saturated carbocycles. The molecule has 0 unspecified atom stereocenters. The molecule has 0 aromatic carbocycles. The van der Waals surface area contributed by atoms with Gasteiger partial charge in [0.1, 0.15) is 5.76 Å². The lowest BCUT2D eigenvalue weighted by Crippen LogP contribution is -2.52. The van der Waals surface area contributed by atoms with E-state index in [0.717, 1.165) is 18.6 Å². The van der Waals surface area contributed by atoms with Gasteiger partial charge in [-0.1, -0.05) is 0 Å². The Morgan fingerprint density at radius 2 is 2.44 bits per heavy atom. The zero-order valence-corrected chi connectivity index (χ0v) is 9.49. The van der Waals surface area contributed by atoms with Gasteiger partial charge in [-0.05, 0) is 31.4 Å². The molecule has 0 saturated heterocycles.